The molecule has 0 radical (unpaired) electrons. The Balaban J connectivity index is 1.60. The van der Waals surface area contributed by atoms with E-state index >= 15 is 0 Å². The molecule has 2 aliphatic heterocycles. The molecule has 21 heavy (non-hydrogen) atoms. The number of rotatable bonds is 2. The molecule has 3 rings (SSSR count). The number of likely N-dealkylation sites (tertiary alicyclic amines) is 2. The molecule has 3 heterocycles. The van der Waals surface area contributed by atoms with Crippen LogP contribution in [-0.2, 0) is 0 Å². The lowest BCUT2D eigenvalue weighted by Gasteiger charge is -2.34. The summed E-state index contributed by atoms with van der Waals surface area (Å²) >= 11 is 0. The van der Waals surface area contributed by atoms with E-state index in [1.165, 1.54) is 0 Å². The van der Waals surface area contributed by atoms with Crippen LogP contribution >= 0.6 is 0 Å². The number of aryl methyl sites for hydroxylation is 1. The maximum absolute atomic E-state index is 12.5. The van der Waals surface area contributed by atoms with E-state index in [4.69, 9.17) is 5.73 Å². The van der Waals surface area contributed by atoms with Crippen molar-refractivity contribution in [2.75, 3.05) is 26.2 Å². The second kappa shape index (κ2) is 6.12. The third kappa shape index (κ3) is 3.24. The number of carbonyl (C=O) groups excluding carboxylic acids is 1. The molecule has 1 aromatic rings. The highest BCUT2D eigenvalue weighted by molar-refractivity contribution is 5.94. The summed E-state index contributed by atoms with van der Waals surface area (Å²) in [5.41, 5.74) is 7.70. The number of nitrogens with two attached hydrogens (primary N) is 1. The first-order chi connectivity index (χ1) is 10.1. The number of hydrogen-bond acceptors (Lipinski definition) is 4. The quantitative estimate of drug-likeness (QED) is 0.883. The molecule has 1 atom stereocenters. The van der Waals surface area contributed by atoms with E-state index in [0.29, 0.717) is 17.6 Å². The summed E-state index contributed by atoms with van der Waals surface area (Å²) in [5.74, 6) is 0.113. The first kappa shape index (κ1) is 14.5. The number of aromatic nitrogens is 1. The second-order valence-electron chi connectivity index (χ2n) is 6.32. The van der Waals surface area contributed by atoms with E-state index < -0.39 is 0 Å². The van der Waals surface area contributed by atoms with Gasteiger partial charge in [-0.3, -0.25) is 14.7 Å². The minimum atomic E-state index is 0.113. The lowest BCUT2D eigenvalue weighted by atomic mass is 10.0. The maximum Gasteiger partial charge on any atom is 0.255 e. The molecule has 1 unspecified atom stereocenters. The minimum absolute atomic E-state index is 0.113. The fourth-order valence-corrected chi connectivity index (χ4v) is 3.36. The summed E-state index contributed by atoms with van der Waals surface area (Å²) in [5, 5.41) is 0. The Morgan fingerprint density at radius 3 is 2.71 bits per heavy atom. The predicted molar refractivity (Wildman–Crippen MR) is 82.1 cm³/mol. The van der Waals surface area contributed by atoms with Gasteiger partial charge in [-0.25, -0.2) is 0 Å². The number of carbonyl (C=O) groups is 1. The van der Waals surface area contributed by atoms with Crippen LogP contribution in [0.25, 0.3) is 0 Å². The molecule has 1 aromatic heterocycles. The molecule has 2 saturated heterocycles. The topological polar surface area (TPSA) is 62.5 Å². The van der Waals surface area contributed by atoms with E-state index in [9.17, 15) is 4.79 Å². The van der Waals surface area contributed by atoms with Gasteiger partial charge in [0.15, 0.2) is 0 Å². The number of hydrogen-bond donors (Lipinski definition) is 1. The van der Waals surface area contributed by atoms with E-state index in [1.807, 2.05) is 17.9 Å². The molecule has 5 nitrogen and oxygen atoms in total. The van der Waals surface area contributed by atoms with Gasteiger partial charge in [0, 0.05) is 37.6 Å². The highest BCUT2D eigenvalue weighted by Gasteiger charge is 2.32. The van der Waals surface area contributed by atoms with Crippen molar-refractivity contribution in [3.63, 3.8) is 0 Å². The zero-order valence-corrected chi connectivity index (χ0v) is 12.7. The average Bonchev–Trinajstić information content (AvgIpc) is 2.97. The van der Waals surface area contributed by atoms with Crippen molar-refractivity contribution < 1.29 is 4.79 Å². The van der Waals surface area contributed by atoms with Crippen molar-refractivity contribution in [1.29, 1.82) is 0 Å². The standard InChI is InChI=1S/C16H24N4O/c1-12-8-13(10-18-9-12)16(21)20-7-4-15(11-20)19-5-2-14(17)3-6-19/h8-10,14-15H,2-7,11,17H2,1H3. The molecule has 0 bridgehead atoms. The minimum Gasteiger partial charge on any atom is -0.337 e. The van der Waals surface area contributed by atoms with Gasteiger partial charge in [0.05, 0.1) is 5.56 Å². The van der Waals surface area contributed by atoms with Crippen LogP contribution in [0.1, 0.15) is 35.2 Å². The summed E-state index contributed by atoms with van der Waals surface area (Å²) in [4.78, 5) is 21.1. The van der Waals surface area contributed by atoms with Crippen molar-refractivity contribution in [3.8, 4) is 0 Å². The van der Waals surface area contributed by atoms with Crippen LogP contribution in [0.15, 0.2) is 18.5 Å². The third-order valence-electron chi connectivity index (χ3n) is 4.66. The molecule has 2 aliphatic rings. The monoisotopic (exact) mass is 288 g/mol. The Kier molecular flexibility index (Phi) is 4.22. The Morgan fingerprint density at radius 2 is 2.00 bits per heavy atom. The molecular formula is C16H24N4O. The predicted octanol–water partition coefficient (Wildman–Crippen LogP) is 1.03. The number of piperidine rings is 1. The average molecular weight is 288 g/mol. The second-order valence-corrected chi connectivity index (χ2v) is 6.32. The number of pyridine rings is 1. The van der Waals surface area contributed by atoms with Crippen molar-refractivity contribution in [1.82, 2.24) is 14.8 Å². The van der Waals surface area contributed by atoms with E-state index in [-0.39, 0.29) is 5.91 Å². The maximum atomic E-state index is 12.5. The van der Waals surface area contributed by atoms with Gasteiger partial charge >= 0.3 is 0 Å². The molecule has 2 fully saturated rings. The van der Waals surface area contributed by atoms with Crippen molar-refractivity contribution in [2.24, 2.45) is 5.73 Å². The van der Waals surface area contributed by atoms with E-state index in [0.717, 1.165) is 51.0 Å². The van der Waals surface area contributed by atoms with E-state index in [2.05, 4.69) is 9.88 Å². The van der Waals surface area contributed by atoms with E-state index in [1.54, 1.807) is 12.4 Å². The third-order valence-corrected chi connectivity index (χ3v) is 4.66. The number of nitrogens with zero attached hydrogens (tertiary/aromatic N) is 3. The van der Waals surface area contributed by atoms with Crippen molar-refractivity contribution in [2.45, 2.75) is 38.3 Å². The Morgan fingerprint density at radius 1 is 1.24 bits per heavy atom. The molecular weight excluding hydrogens is 264 g/mol. The van der Waals surface area contributed by atoms with Crippen LogP contribution in [0.3, 0.4) is 0 Å². The van der Waals surface area contributed by atoms with Crippen LogP contribution in [-0.4, -0.2) is 59.0 Å². The SMILES string of the molecule is Cc1cncc(C(=O)N2CCC(N3CCC(N)CC3)C2)c1. The molecule has 114 valence electrons. The first-order valence-electron chi connectivity index (χ1n) is 7.84. The lowest BCUT2D eigenvalue weighted by Crippen LogP contribution is -2.46. The zero-order valence-electron chi connectivity index (χ0n) is 12.7. The summed E-state index contributed by atoms with van der Waals surface area (Å²) in [6.07, 6.45) is 6.67. The molecule has 0 aromatic carbocycles. The largest absolute Gasteiger partial charge is 0.337 e. The molecule has 0 spiro atoms. The summed E-state index contributed by atoms with van der Waals surface area (Å²) in [6.45, 7) is 5.79. The van der Waals surface area contributed by atoms with Crippen LogP contribution in [0.4, 0.5) is 0 Å². The van der Waals surface area contributed by atoms with Gasteiger partial charge in [-0.2, -0.15) is 0 Å². The fraction of sp³-hybridized carbons (Fsp3) is 0.625. The smallest absolute Gasteiger partial charge is 0.255 e. The Labute approximate surface area is 126 Å². The van der Waals surface area contributed by atoms with Gasteiger partial charge in [0.25, 0.3) is 5.91 Å². The van der Waals surface area contributed by atoms with Gasteiger partial charge in [0.1, 0.15) is 0 Å². The molecule has 5 heteroatoms. The van der Waals surface area contributed by atoms with Gasteiger partial charge in [-0.05, 0) is 50.9 Å². The summed E-state index contributed by atoms with van der Waals surface area (Å²) < 4.78 is 0. The van der Waals surface area contributed by atoms with Crippen LogP contribution in [0, 0.1) is 6.92 Å². The molecule has 1 amide bonds. The van der Waals surface area contributed by atoms with Crippen molar-refractivity contribution in [3.05, 3.63) is 29.6 Å². The van der Waals surface area contributed by atoms with Gasteiger partial charge in [-0.1, -0.05) is 0 Å². The number of amides is 1. The normalized spacial score (nSPS) is 24.5. The van der Waals surface area contributed by atoms with Crippen molar-refractivity contribution >= 4 is 5.91 Å². The fourth-order valence-electron chi connectivity index (χ4n) is 3.36. The van der Waals surface area contributed by atoms with Crippen LogP contribution in [0.2, 0.25) is 0 Å². The molecule has 0 aliphatic carbocycles. The summed E-state index contributed by atoms with van der Waals surface area (Å²) in [6, 6.07) is 2.78. The van der Waals surface area contributed by atoms with Gasteiger partial charge in [0.2, 0.25) is 0 Å². The highest BCUT2D eigenvalue weighted by Crippen LogP contribution is 2.21. The molecule has 2 N–H and O–H groups in total. The van der Waals surface area contributed by atoms with Gasteiger partial charge < -0.3 is 10.6 Å². The zero-order chi connectivity index (χ0) is 14.8. The first-order valence-corrected chi connectivity index (χ1v) is 7.84. The summed E-state index contributed by atoms with van der Waals surface area (Å²) in [7, 11) is 0. The Bertz CT molecular complexity index is 511. The van der Waals surface area contributed by atoms with Crippen LogP contribution in [0.5, 0.6) is 0 Å². The Hall–Kier alpha value is -1.46. The van der Waals surface area contributed by atoms with Crippen LogP contribution < -0.4 is 5.73 Å². The molecule has 0 saturated carbocycles. The highest BCUT2D eigenvalue weighted by atomic mass is 16.2. The lowest BCUT2D eigenvalue weighted by molar-refractivity contribution is 0.0769. The van der Waals surface area contributed by atoms with Gasteiger partial charge in [-0.15, -0.1) is 0 Å².